The number of benzene rings is 2. The van der Waals surface area contributed by atoms with Crippen molar-refractivity contribution in [1.29, 1.82) is 0 Å². The number of hydrogen-bond acceptors (Lipinski definition) is 2. The zero-order valence-electron chi connectivity index (χ0n) is 14.0. The third-order valence-corrected chi connectivity index (χ3v) is 3.48. The average molecular weight is 342 g/mol. The van der Waals surface area contributed by atoms with Crippen molar-refractivity contribution in [1.82, 2.24) is 0 Å². The van der Waals surface area contributed by atoms with Gasteiger partial charge in [-0.15, -0.1) is 0 Å². The van der Waals surface area contributed by atoms with Crippen molar-refractivity contribution in [2.75, 3.05) is 6.61 Å². The summed E-state index contributed by atoms with van der Waals surface area (Å²) in [7, 11) is 0. The standard InChI is InChI=1S/C21H20F2O2/c1-2-3-14-25-21(24)18(15-17-7-12-20(23)13-8-17)9-4-16-5-10-19(22)11-6-16/h4-13,15H,2-3,14H2,1H3/b9-4+,18-15+. The van der Waals surface area contributed by atoms with Crippen molar-refractivity contribution < 1.29 is 18.3 Å². The molecule has 0 saturated carbocycles. The number of unbranched alkanes of at least 4 members (excludes halogenated alkanes) is 1. The summed E-state index contributed by atoms with van der Waals surface area (Å²) >= 11 is 0. The molecule has 0 aliphatic heterocycles. The summed E-state index contributed by atoms with van der Waals surface area (Å²) in [4.78, 5) is 12.3. The Hall–Kier alpha value is -2.75. The highest BCUT2D eigenvalue weighted by atomic mass is 19.1. The monoisotopic (exact) mass is 342 g/mol. The van der Waals surface area contributed by atoms with E-state index in [1.807, 2.05) is 6.92 Å². The van der Waals surface area contributed by atoms with Crippen LogP contribution in [-0.2, 0) is 9.53 Å². The molecule has 0 aliphatic carbocycles. The van der Waals surface area contributed by atoms with Gasteiger partial charge >= 0.3 is 5.97 Å². The highest BCUT2D eigenvalue weighted by molar-refractivity contribution is 5.97. The van der Waals surface area contributed by atoms with Crippen LogP contribution in [0.1, 0.15) is 30.9 Å². The van der Waals surface area contributed by atoms with E-state index >= 15 is 0 Å². The largest absolute Gasteiger partial charge is 0.462 e. The highest BCUT2D eigenvalue weighted by Crippen LogP contribution is 2.14. The average Bonchev–Trinajstić information content (AvgIpc) is 2.61. The van der Waals surface area contributed by atoms with Crippen LogP contribution in [0.2, 0.25) is 0 Å². The molecule has 2 nitrogen and oxygen atoms in total. The van der Waals surface area contributed by atoms with Crippen molar-refractivity contribution in [3.63, 3.8) is 0 Å². The number of esters is 1. The van der Waals surface area contributed by atoms with E-state index in [9.17, 15) is 13.6 Å². The molecule has 0 unspecified atom stereocenters. The zero-order chi connectivity index (χ0) is 18.1. The molecule has 0 aromatic heterocycles. The van der Waals surface area contributed by atoms with Gasteiger partial charge in [-0.25, -0.2) is 13.6 Å². The summed E-state index contributed by atoms with van der Waals surface area (Å²) in [5.74, 6) is -1.11. The molecule has 2 rings (SSSR count). The lowest BCUT2D eigenvalue weighted by Crippen LogP contribution is -2.07. The fourth-order valence-electron chi connectivity index (χ4n) is 2.07. The van der Waals surface area contributed by atoms with E-state index in [0.717, 1.165) is 18.4 Å². The van der Waals surface area contributed by atoms with Crippen LogP contribution in [0.4, 0.5) is 8.78 Å². The van der Waals surface area contributed by atoms with Crippen LogP contribution >= 0.6 is 0 Å². The summed E-state index contributed by atoms with van der Waals surface area (Å²) in [5, 5.41) is 0. The van der Waals surface area contributed by atoms with Gasteiger partial charge in [0.15, 0.2) is 0 Å². The third kappa shape index (κ3) is 6.34. The fourth-order valence-corrected chi connectivity index (χ4v) is 2.07. The first-order chi connectivity index (χ1) is 12.1. The fraction of sp³-hybridized carbons (Fsp3) is 0.190. The van der Waals surface area contributed by atoms with Crippen LogP contribution in [0.15, 0.2) is 60.2 Å². The van der Waals surface area contributed by atoms with Crippen LogP contribution in [-0.4, -0.2) is 12.6 Å². The molecule has 0 fully saturated rings. The van der Waals surface area contributed by atoms with Gasteiger partial charge in [-0.05, 0) is 54.0 Å². The summed E-state index contributed by atoms with van der Waals surface area (Å²) in [6, 6.07) is 11.8. The second-order valence-electron chi connectivity index (χ2n) is 5.53. The number of carbonyl (C=O) groups is 1. The van der Waals surface area contributed by atoms with Gasteiger partial charge in [-0.1, -0.05) is 43.7 Å². The molecule has 0 heterocycles. The molecule has 130 valence electrons. The van der Waals surface area contributed by atoms with Gasteiger partial charge in [0.2, 0.25) is 0 Å². The summed E-state index contributed by atoms with van der Waals surface area (Å²) in [6.07, 6.45) is 6.67. The van der Waals surface area contributed by atoms with E-state index in [2.05, 4.69) is 0 Å². The number of carbonyl (C=O) groups excluding carboxylic acids is 1. The number of rotatable bonds is 7. The Morgan fingerprint density at radius 2 is 1.52 bits per heavy atom. The number of hydrogen-bond donors (Lipinski definition) is 0. The second kappa shape index (κ2) is 9.52. The minimum absolute atomic E-state index is 0.321. The molecule has 0 radical (unpaired) electrons. The topological polar surface area (TPSA) is 26.3 Å². The van der Waals surface area contributed by atoms with Crippen LogP contribution in [0.3, 0.4) is 0 Å². The molecule has 0 amide bonds. The van der Waals surface area contributed by atoms with Crippen LogP contribution in [0.5, 0.6) is 0 Å². The maximum atomic E-state index is 13.0. The van der Waals surface area contributed by atoms with Crippen molar-refractivity contribution in [3.8, 4) is 0 Å². The molecule has 0 aliphatic rings. The molecule has 2 aromatic rings. The Labute approximate surface area is 146 Å². The van der Waals surface area contributed by atoms with E-state index in [-0.39, 0.29) is 11.6 Å². The Morgan fingerprint density at radius 1 is 0.960 bits per heavy atom. The van der Waals surface area contributed by atoms with E-state index in [1.165, 1.54) is 24.3 Å². The maximum Gasteiger partial charge on any atom is 0.338 e. The van der Waals surface area contributed by atoms with Crippen molar-refractivity contribution in [2.24, 2.45) is 0 Å². The maximum absolute atomic E-state index is 13.0. The molecule has 0 bridgehead atoms. The molecule has 0 N–H and O–H groups in total. The Morgan fingerprint density at radius 3 is 2.08 bits per heavy atom. The molecule has 0 atom stereocenters. The number of halogens is 2. The van der Waals surface area contributed by atoms with Gasteiger partial charge in [0.25, 0.3) is 0 Å². The van der Waals surface area contributed by atoms with E-state index in [4.69, 9.17) is 4.74 Å². The van der Waals surface area contributed by atoms with Crippen LogP contribution < -0.4 is 0 Å². The van der Waals surface area contributed by atoms with Gasteiger partial charge in [-0.3, -0.25) is 0 Å². The quantitative estimate of drug-likeness (QED) is 0.291. The lowest BCUT2D eigenvalue weighted by atomic mass is 10.1. The summed E-state index contributed by atoms with van der Waals surface area (Å²) in [6.45, 7) is 2.36. The minimum Gasteiger partial charge on any atom is -0.462 e. The van der Waals surface area contributed by atoms with Gasteiger partial charge in [-0.2, -0.15) is 0 Å². The lowest BCUT2D eigenvalue weighted by Gasteiger charge is -2.05. The van der Waals surface area contributed by atoms with Crippen LogP contribution in [0.25, 0.3) is 12.2 Å². The lowest BCUT2D eigenvalue weighted by molar-refractivity contribution is -0.138. The SMILES string of the molecule is CCCCOC(=O)C(/C=C/c1ccc(F)cc1)=C/c1ccc(F)cc1. The first-order valence-electron chi connectivity index (χ1n) is 8.16. The Balaban J connectivity index is 2.22. The molecule has 0 saturated heterocycles. The Bertz CT molecular complexity index is 744. The van der Waals surface area contributed by atoms with Crippen molar-refractivity contribution >= 4 is 18.1 Å². The van der Waals surface area contributed by atoms with Gasteiger partial charge < -0.3 is 4.74 Å². The summed E-state index contributed by atoms with van der Waals surface area (Å²) in [5.41, 5.74) is 1.78. The molecule has 2 aromatic carbocycles. The van der Waals surface area contributed by atoms with E-state index in [0.29, 0.717) is 17.7 Å². The predicted molar refractivity (Wildman–Crippen MR) is 95.7 cm³/mol. The predicted octanol–water partition coefficient (Wildman–Crippen LogP) is 5.40. The van der Waals surface area contributed by atoms with Crippen molar-refractivity contribution in [3.05, 3.63) is 82.9 Å². The Kier molecular flexibility index (Phi) is 7.08. The van der Waals surface area contributed by atoms with Gasteiger partial charge in [0.1, 0.15) is 11.6 Å². The van der Waals surface area contributed by atoms with Crippen molar-refractivity contribution in [2.45, 2.75) is 19.8 Å². The molecular weight excluding hydrogens is 322 g/mol. The van der Waals surface area contributed by atoms with Gasteiger partial charge in [0.05, 0.1) is 12.2 Å². The molecule has 4 heteroatoms. The molecule has 25 heavy (non-hydrogen) atoms. The van der Waals surface area contributed by atoms with E-state index in [1.54, 1.807) is 42.5 Å². The smallest absolute Gasteiger partial charge is 0.338 e. The van der Waals surface area contributed by atoms with Crippen LogP contribution in [0, 0.1) is 11.6 Å². The first-order valence-corrected chi connectivity index (χ1v) is 8.16. The molecule has 0 spiro atoms. The number of ether oxygens (including phenoxy) is 1. The first kappa shape index (κ1) is 18.6. The second-order valence-corrected chi connectivity index (χ2v) is 5.53. The normalized spacial score (nSPS) is 11.7. The summed E-state index contributed by atoms with van der Waals surface area (Å²) < 4.78 is 31.3. The van der Waals surface area contributed by atoms with Gasteiger partial charge in [0, 0.05) is 0 Å². The molecular formula is C21H20F2O2. The highest BCUT2D eigenvalue weighted by Gasteiger charge is 2.08. The minimum atomic E-state index is -0.448. The third-order valence-electron chi connectivity index (χ3n) is 3.48. The van der Waals surface area contributed by atoms with E-state index < -0.39 is 5.97 Å². The zero-order valence-corrected chi connectivity index (χ0v) is 14.0.